The molecule has 1 aromatic carbocycles. The smallest absolute Gasteiger partial charge is 0.261 e. The lowest BCUT2D eigenvalue weighted by molar-refractivity contribution is 0.0570. The van der Waals surface area contributed by atoms with E-state index in [0.717, 1.165) is 25.7 Å². The van der Waals surface area contributed by atoms with Gasteiger partial charge < -0.3 is 0 Å². The average molecular weight is 243 g/mol. The minimum absolute atomic E-state index is 0.0949. The molecule has 2 amide bonds. The Labute approximate surface area is 107 Å². The molecule has 1 aliphatic heterocycles. The molecule has 94 valence electrons. The first-order valence-corrected chi connectivity index (χ1v) is 6.76. The number of amides is 2. The van der Waals surface area contributed by atoms with Crippen LogP contribution in [0.25, 0.3) is 0 Å². The maximum atomic E-state index is 12.3. The van der Waals surface area contributed by atoms with Gasteiger partial charge in [0.2, 0.25) is 0 Å². The van der Waals surface area contributed by atoms with Crippen molar-refractivity contribution in [1.29, 1.82) is 0 Å². The van der Waals surface area contributed by atoms with E-state index in [0.29, 0.717) is 11.1 Å². The van der Waals surface area contributed by atoms with Crippen LogP contribution in [0.1, 0.15) is 59.2 Å². The van der Waals surface area contributed by atoms with Gasteiger partial charge in [0.05, 0.1) is 11.1 Å². The maximum absolute atomic E-state index is 12.3. The summed E-state index contributed by atoms with van der Waals surface area (Å²) in [5, 5.41) is 0. The molecule has 1 aliphatic carbocycles. The number of carbonyl (C=O) groups is 2. The zero-order valence-corrected chi connectivity index (χ0v) is 10.4. The van der Waals surface area contributed by atoms with Gasteiger partial charge in [-0.15, -0.1) is 0 Å². The van der Waals surface area contributed by atoms with Crippen LogP contribution < -0.4 is 0 Å². The van der Waals surface area contributed by atoms with Crippen molar-refractivity contribution in [1.82, 2.24) is 4.90 Å². The van der Waals surface area contributed by atoms with Crippen molar-refractivity contribution in [2.75, 3.05) is 0 Å². The molecular formula is C15H17NO2. The third-order valence-corrected chi connectivity index (χ3v) is 4.02. The fourth-order valence-electron chi connectivity index (χ4n) is 3.06. The molecule has 0 bridgehead atoms. The number of imide groups is 1. The molecule has 2 aliphatic rings. The van der Waals surface area contributed by atoms with Gasteiger partial charge in [0.15, 0.2) is 0 Å². The number of hydrogen-bond donors (Lipinski definition) is 0. The Balaban J connectivity index is 1.91. The fourth-order valence-corrected chi connectivity index (χ4v) is 3.06. The second-order valence-corrected chi connectivity index (χ2v) is 5.17. The van der Waals surface area contributed by atoms with Crippen LogP contribution in [0.4, 0.5) is 0 Å². The molecule has 3 nitrogen and oxygen atoms in total. The van der Waals surface area contributed by atoms with Gasteiger partial charge in [0.1, 0.15) is 0 Å². The molecule has 0 N–H and O–H groups in total. The Morgan fingerprint density at radius 1 is 0.833 bits per heavy atom. The molecule has 0 saturated heterocycles. The van der Waals surface area contributed by atoms with E-state index >= 15 is 0 Å². The Morgan fingerprint density at radius 2 is 1.33 bits per heavy atom. The fraction of sp³-hybridized carbons (Fsp3) is 0.467. The molecule has 0 unspecified atom stereocenters. The highest BCUT2D eigenvalue weighted by molar-refractivity contribution is 6.21. The first-order chi connectivity index (χ1) is 8.79. The number of rotatable bonds is 1. The summed E-state index contributed by atoms with van der Waals surface area (Å²) < 4.78 is 0. The lowest BCUT2D eigenvalue weighted by Crippen LogP contribution is -2.39. The Morgan fingerprint density at radius 3 is 1.83 bits per heavy atom. The van der Waals surface area contributed by atoms with Crippen molar-refractivity contribution >= 4 is 11.8 Å². The number of benzene rings is 1. The average Bonchev–Trinajstić information content (AvgIpc) is 2.61. The van der Waals surface area contributed by atoms with E-state index in [1.54, 1.807) is 12.1 Å². The van der Waals surface area contributed by atoms with E-state index in [9.17, 15) is 9.59 Å². The Kier molecular flexibility index (Phi) is 2.90. The first kappa shape index (κ1) is 11.5. The molecule has 1 saturated carbocycles. The SMILES string of the molecule is O=C1c2ccccc2C(=O)N1C1CCCCCC1. The second kappa shape index (κ2) is 4.56. The minimum Gasteiger partial charge on any atom is -0.271 e. The molecule has 0 radical (unpaired) electrons. The third kappa shape index (κ3) is 1.74. The number of fused-ring (bicyclic) bond motifs is 1. The van der Waals surface area contributed by atoms with Crippen molar-refractivity contribution in [3.8, 4) is 0 Å². The topological polar surface area (TPSA) is 37.4 Å². The zero-order chi connectivity index (χ0) is 12.5. The van der Waals surface area contributed by atoms with Crippen molar-refractivity contribution in [3.05, 3.63) is 35.4 Å². The van der Waals surface area contributed by atoms with E-state index in [-0.39, 0.29) is 17.9 Å². The van der Waals surface area contributed by atoms with E-state index in [1.807, 2.05) is 12.1 Å². The summed E-state index contributed by atoms with van der Waals surface area (Å²) in [5.74, 6) is -0.190. The summed E-state index contributed by atoms with van der Waals surface area (Å²) in [6, 6.07) is 7.26. The van der Waals surface area contributed by atoms with Crippen LogP contribution in [0.5, 0.6) is 0 Å². The highest BCUT2D eigenvalue weighted by Gasteiger charge is 2.39. The van der Waals surface area contributed by atoms with E-state index in [4.69, 9.17) is 0 Å². The van der Waals surface area contributed by atoms with E-state index in [1.165, 1.54) is 17.7 Å². The highest BCUT2D eigenvalue weighted by atomic mass is 16.2. The number of carbonyl (C=O) groups excluding carboxylic acids is 2. The molecule has 18 heavy (non-hydrogen) atoms. The molecule has 1 fully saturated rings. The van der Waals surface area contributed by atoms with Crippen LogP contribution in [0.3, 0.4) is 0 Å². The predicted molar refractivity (Wildman–Crippen MR) is 68.4 cm³/mol. The van der Waals surface area contributed by atoms with E-state index < -0.39 is 0 Å². The van der Waals surface area contributed by atoms with Gasteiger partial charge in [-0.2, -0.15) is 0 Å². The highest BCUT2D eigenvalue weighted by Crippen LogP contribution is 2.30. The van der Waals surface area contributed by atoms with Crippen LogP contribution >= 0.6 is 0 Å². The summed E-state index contributed by atoms with van der Waals surface area (Å²) >= 11 is 0. The zero-order valence-electron chi connectivity index (χ0n) is 10.4. The van der Waals surface area contributed by atoms with Crippen LogP contribution in [0, 0.1) is 0 Å². The normalized spacial score (nSPS) is 21.0. The van der Waals surface area contributed by atoms with Gasteiger partial charge in [-0.3, -0.25) is 14.5 Å². The summed E-state index contributed by atoms with van der Waals surface area (Å²) in [5.41, 5.74) is 1.15. The number of nitrogens with zero attached hydrogens (tertiary/aromatic N) is 1. The molecule has 1 aromatic rings. The molecule has 3 rings (SSSR count). The third-order valence-electron chi connectivity index (χ3n) is 4.02. The van der Waals surface area contributed by atoms with Gasteiger partial charge in [0.25, 0.3) is 11.8 Å². The van der Waals surface area contributed by atoms with Crippen molar-refractivity contribution < 1.29 is 9.59 Å². The Bertz CT molecular complexity index is 452. The van der Waals surface area contributed by atoms with Crippen molar-refractivity contribution in [3.63, 3.8) is 0 Å². The maximum Gasteiger partial charge on any atom is 0.261 e. The van der Waals surface area contributed by atoms with E-state index in [2.05, 4.69) is 0 Å². The van der Waals surface area contributed by atoms with Crippen LogP contribution in [-0.4, -0.2) is 22.8 Å². The summed E-state index contributed by atoms with van der Waals surface area (Å²) in [6.07, 6.45) is 6.62. The largest absolute Gasteiger partial charge is 0.271 e. The Hall–Kier alpha value is -1.64. The van der Waals surface area contributed by atoms with Gasteiger partial charge in [-0.25, -0.2) is 0 Å². The molecular weight excluding hydrogens is 226 g/mol. The molecule has 1 heterocycles. The van der Waals surface area contributed by atoms with Gasteiger partial charge in [0, 0.05) is 6.04 Å². The van der Waals surface area contributed by atoms with Crippen molar-refractivity contribution in [2.24, 2.45) is 0 Å². The van der Waals surface area contributed by atoms with Crippen LogP contribution in [-0.2, 0) is 0 Å². The molecule has 0 atom stereocenters. The number of hydrogen-bond acceptors (Lipinski definition) is 2. The standard InChI is InChI=1S/C15H17NO2/c17-14-12-9-5-6-10-13(12)15(18)16(14)11-7-3-1-2-4-8-11/h5-6,9-11H,1-4,7-8H2. The molecule has 3 heteroatoms. The lowest BCUT2D eigenvalue weighted by Gasteiger charge is -2.24. The lowest BCUT2D eigenvalue weighted by atomic mass is 10.1. The van der Waals surface area contributed by atoms with Crippen LogP contribution in [0.2, 0.25) is 0 Å². The van der Waals surface area contributed by atoms with Gasteiger partial charge >= 0.3 is 0 Å². The summed E-state index contributed by atoms with van der Waals surface area (Å²) in [4.78, 5) is 26.2. The first-order valence-electron chi connectivity index (χ1n) is 6.76. The summed E-state index contributed by atoms with van der Waals surface area (Å²) in [6.45, 7) is 0. The summed E-state index contributed by atoms with van der Waals surface area (Å²) in [7, 11) is 0. The van der Waals surface area contributed by atoms with Crippen LogP contribution in [0.15, 0.2) is 24.3 Å². The van der Waals surface area contributed by atoms with Gasteiger partial charge in [-0.05, 0) is 25.0 Å². The molecule has 0 spiro atoms. The van der Waals surface area contributed by atoms with Crippen molar-refractivity contribution in [2.45, 2.75) is 44.6 Å². The van der Waals surface area contributed by atoms with Gasteiger partial charge in [-0.1, -0.05) is 37.8 Å². The monoisotopic (exact) mass is 243 g/mol. The minimum atomic E-state index is -0.0949. The second-order valence-electron chi connectivity index (χ2n) is 5.17. The predicted octanol–water partition coefficient (Wildman–Crippen LogP) is 3.01. The molecule has 0 aromatic heterocycles. The quantitative estimate of drug-likeness (QED) is 0.561.